The average molecular weight is 617 g/mol. The molecule has 24 heteroatoms. The van der Waals surface area contributed by atoms with Crippen LogP contribution >= 0.6 is 0 Å². The molecular formula is C13H6F19NO3S. The van der Waals surface area contributed by atoms with Crippen LogP contribution in [0.2, 0.25) is 0 Å². The van der Waals surface area contributed by atoms with Crippen LogP contribution in [0.25, 0.3) is 0 Å². The summed E-state index contributed by atoms with van der Waals surface area (Å²) in [7, 11) is -6.64. The summed E-state index contributed by atoms with van der Waals surface area (Å²) in [5.41, 5.74) is 0. The molecule has 0 unspecified atom stereocenters. The second-order valence-corrected chi connectivity index (χ2v) is 8.19. The fraction of sp³-hybridized carbons (Fsp3) is 0.769. The van der Waals surface area contributed by atoms with Crippen LogP contribution in [0.4, 0.5) is 83.4 Å². The van der Waals surface area contributed by atoms with Gasteiger partial charge in [0.15, 0.2) is 0 Å². The van der Waals surface area contributed by atoms with E-state index in [9.17, 15) is 96.6 Å². The summed E-state index contributed by atoms with van der Waals surface area (Å²) in [4.78, 5) is 11.1. The summed E-state index contributed by atoms with van der Waals surface area (Å²) >= 11 is 0. The van der Waals surface area contributed by atoms with Crippen molar-refractivity contribution in [1.82, 2.24) is 4.72 Å². The quantitative estimate of drug-likeness (QED) is 0.254. The van der Waals surface area contributed by atoms with Gasteiger partial charge in [-0.05, 0) is 0 Å². The van der Waals surface area contributed by atoms with Gasteiger partial charge in [0.1, 0.15) is 0 Å². The SMILES string of the molecule is C=CCNS(=O)(=O)C(=O)C(F)(F)C(F)(F)C(F)(F)C(F)(F)C(F)(F)C(F)(F)C(F)(F)C(F)(F)C(F)(F)F. The number of sulfonamides is 1. The van der Waals surface area contributed by atoms with Crippen molar-refractivity contribution in [3.05, 3.63) is 12.7 Å². The Balaban J connectivity index is 7.05. The van der Waals surface area contributed by atoms with Crippen molar-refractivity contribution in [2.45, 2.75) is 53.6 Å². The van der Waals surface area contributed by atoms with Crippen molar-refractivity contribution in [2.24, 2.45) is 0 Å². The Labute approximate surface area is 190 Å². The van der Waals surface area contributed by atoms with E-state index in [-0.39, 0.29) is 0 Å². The van der Waals surface area contributed by atoms with E-state index in [0.717, 1.165) is 0 Å². The highest BCUT2D eigenvalue weighted by Gasteiger charge is 2.97. The number of rotatable bonds is 11. The molecule has 0 aromatic rings. The molecule has 0 fully saturated rings. The molecule has 4 nitrogen and oxygen atoms in total. The standard InChI is InChI=1S/C13H6F19NO3S/c1-2-3-33-37(35,36)4(34)5(14,15)6(16,17)7(18,19)8(20,21)9(22,23)10(24,25)11(26,27)12(28,29)13(30,31)32/h2,33H,1,3H2. The number of alkyl halides is 19. The number of carbonyl (C=O) groups excluding carboxylic acids is 1. The van der Waals surface area contributed by atoms with Gasteiger partial charge in [-0.15, -0.1) is 6.58 Å². The summed E-state index contributed by atoms with van der Waals surface area (Å²) in [6.07, 6.45) is -7.66. The topological polar surface area (TPSA) is 63.2 Å². The van der Waals surface area contributed by atoms with Crippen LogP contribution in [0.5, 0.6) is 0 Å². The van der Waals surface area contributed by atoms with Gasteiger partial charge in [0.05, 0.1) is 0 Å². The first-order valence-corrected chi connectivity index (χ1v) is 9.44. The first-order chi connectivity index (χ1) is 15.7. The third-order valence-electron chi connectivity index (χ3n) is 4.03. The summed E-state index contributed by atoms with van der Waals surface area (Å²) < 4.78 is 272. The Morgan fingerprint density at radius 3 is 1.11 bits per heavy atom. The molecule has 0 aromatic carbocycles. The number of nitrogens with one attached hydrogen (secondary N) is 1. The molecule has 0 rings (SSSR count). The molecular weight excluding hydrogens is 611 g/mol. The Bertz CT molecular complexity index is 997. The molecule has 0 aromatic heterocycles. The molecule has 0 aliphatic heterocycles. The molecule has 37 heavy (non-hydrogen) atoms. The van der Waals surface area contributed by atoms with Gasteiger partial charge in [0, 0.05) is 6.54 Å². The Kier molecular flexibility index (Phi) is 8.54. The highest BCUT2D eigenvalue weighted by atomic mass is 32.2. The first-order valence-electron chi connectivity index (χ1n) is 7.96. The monoisotopic (exact) mass is 617 g/mol. The van der Waals surface area contributed by atoms with Crippen molar-refractivity contribution < 1.29 is 96.6 Å². The maximum Gasteiger partial charge on any atom is 0.460 e. The zero-order valence-electron chi connectivity index (χ0n) is 16.3. The van der Waals surface area contributed by atoms with Crippen LogP contribution in [-0.2, 0) is 14.8 Å². The summed E-state index contributed by atoms with van der Waals surface area (Å²) in [5, 5.41) is -4.52. The van der Waals surface area contributed by atoms with E-state index in [2.05, 4.69) is 6.58 Å². The van der Waals surface area contributed by atoms with E-state index in [1.54, 1.807) is 0 Å². The number of carbonyl (C=O) groups is 1. The third kappa shape index (κ3) is 4.60. The Hall–Kier alpha value is -2.01. The predicted octanol–water partition coefficient (Wildman–Crippen LogP) is 5.26. The van der Waals surface area contributed by atoms with E-state index in [1.165, 1.54) is 0 Å². The lowest BCUT2D eigenvalue weighted by Gasteiger charge is -2.43. The highest BCUT2D eigenvalue weighted by Crippen LogP contribution is 2.65. The summed E-state index contributed by atoms with van der Waals surface area (Å²) in [6, 6.07) is 0. The van der Waals surface area contributed by atoms with Crippen molar-refractivity contribution in [2.75, 3.05) is 6.54 Å². The van der Waals surface area contributed by atoms with E-state index in [4.69, 9.17) is 0 Å². The Morgan fingerprint density at radius 1 is 0.568 bits per heavy atom. The van der Waals surface area contributed by atoms with Gasteiger partial charge < -0.3 is 0 Å². The number of hydrogen-bond acceptors (Lipinski definition) is 3. The van der Waals surface area contributed by atoms with Crippen LogP contribution in [0.15, 0.2) is 12.7 Å². The minimum absolute atomic E-state index is 0.351. The lowest BCUT2D eigenvalue weighted by atomic mass is 9.87. The molecule has 0 heterocycles. The molecule has 1 N–H and O–H groups in total. The van der Waals surface area contributed by atoms with Gasteiger partial charge in [-0.2, -0.15) is 83.4 Å². The fourth-order valence-corrected chi connectivity index (χ4v) is 2.83. The van der Waals surface area contributed by atoms with Crippen LogP contribution in [0.3, 0.4) is 0 Å². The molecule has 0 saturated heterocycles. The fourth-order valence-electron chi connectivity index (χ4n) is 1.89. The first kappa shape index (κ1) is 35.0. The van der Waals surface area contributed by atoms with Crippen LogP contribution in [-0.4, -0.2) is 73.6 Å². The average Bonchev–Trinajstić information content (AvgIpc) is 2.69. The molecule has 0 radical (unpaired) electrons. The molecule has 0 spiro atoms. The molecule has 0 atom stereocenters. The summed E-state index contributed by atoms with van der Waals surface area (Å²) in [5.74, 6) is -70.0. The van der Waals surface area contributed by atoms with Crippen LogP contribution in [0.1, 0.15) is 0 Å². The zero-order chi connectivity index (χ0) is 30.7. The molecule has 0 aliphatic carbocycles. The number of halogens is 19. The normalized spacial score (nSPS) is 16.1. The van der Waals surface area contributed by atoms with Gasteiger partial charge in [0.25, 0.3) is 10.0 Å². The largest absolute Gasteiger partial charge is 0.460 e. The van der Waals surface area contributed by atoms with Crippen LogP contribution < -0.4 is 4.72 Å². The van der Waals surface area contributed by atoms with Crippen LogP contribution in [0, 0.1) is 0 Å². The van der Waals surface area contributed by atoms with Crippen molar-refractivity contribution in [3.8, 4) is 0 Å². The Morgan fingerprint density at radius 2 is 0.838 bits per heavy atom. The molecule has 0 amide bonds. The second-order valence-electron chi connectivity index (χ2n) is 6.52. The van der Waals surface area contributed by atoms with E-state index >= 15 is 0 Å². The van der Waals surface area contributed by atoms with Gasteiger partial charge in [0.2, 0.25) is 0 Å². The maximum atomic E-state index is 13.6. The smallest absolute Gasteiger partial charge is 0.273 e. The van der Waals surface area contributed by atoms with E-state index < -0.39 is 75.2 Å². The summed E-state index contributed by atoms with van der Waals surface area (Å²) in [6.45, 7) is 1.32. The van der Waals surface area contributed by atoms with E-state index in [1.807, 2.05) is 0 Å². The molecule has 0 saturated carbocycles. The van der Waals surface area contributed by atoms with Gasteiger partial charge in [-0.25, -0.2) is 13.1 Å². The molecule has 0 bridgehead atoms. The maximum absolute atomic E-state index is 13.6. The second kappa shape index (κ2) is 9.03. The minimum Gasteiger partial charge on any atom is -0.273 e. The van der Waals surface area contributed by atoms with Crippen molar-refractivity contribution >= 4 is 15.1 Å². The lowest BCUT2D eigenvalue weighted by molar-refractivity contribution is -0.466. The van der Waals surface area contributed by atoms with Gasteiger partial charge in [-0.3, -0.25) is 4.79 Å². The zero-order valence-corrected chi connectivity index (χ0v) is 17.1. The lowest BCUT2D eigenvalue weighted by Crippen LogP contribution is -2.76. The predicted molar refractivity (Wildman–Crippen MR) is 77.8 cm³/mol. The molecule has 220 valence electrons. The number of hydrogen-bond donors (Lipinski definition) is 1. The molecule has 0 aliphatic rings. The minimum atomic E-state index is -9.18. The van der Waals surface area contributed by atoms with E-state index in [0.29, 0.717) is 10.8 Å². The highest BCUT2D eigenvalue weighted by molar-refractivity contribution is 8.04. The van der Waals surface area contributed by atoms with Gasteiger partial charge >= 0.3 is 58.7 Å². The third-order valence-corrected chi connectivity index (χ3v) is 5.33. The van der Waals surface area contributed by atoms with Gasteiger partial charge in [-0.1, -0.05) is 6.08 Å². The van der Waals surface area contributed by atoms with Crippen molar-refractivity contribution in [3.63, 3.8) is 0 Å². The van der Waals surface area contributed by atoms with Crippen molar-refractivity contribution in [1.29, 1.82) is 0 Å².